The number of carbonyl (C=O) groups is 1. The average molecular weight is 254 g/mol. The van der Waals surface area contributed by atoms with Crippen LogP contribution in [0.2, 0.25) is 0 Å². The number of rotatable bonds is 2. The third-order valence-electron chi connectivity index (χ3n) is 2.91. The lowest BCUT2D eigenvalue weighted by atomic mass is 10.0. The van der Waals surface area contributed by atoms with Crippen molar-refractivity contribution in [3.63, 3.8) is 0 Å². The van der Waals surface area contributed by atoms with Gasteiger partial charge in [0.2, 0.25) is 0 Å². The summed E-state index contributed by atoms with van der Waals surface area (Å²) in [6, 6.07) is 3.25. The van der Waals surface area contributed by atoms with Crippen LogP contribution in [-0.4, -0.2) is 27.2 Å². The molecule has 90 valence electrons. The van der Waals surface area contributed by atoms with E-state index in [9.17, 15) is 13.2 Å². The quantitative estimate of drug-likeness (QED) is 0.577. The number of benzene rings is 1. The standard InChI is InChI=1S/C11H10O5S/c1-17(13,14)10-7(9-5-15-9)3-2-6-8(10)4-16-11(6)12/h2-3,9H,4-5H2,1H3. The van der Waals surface area contributed by atoms with Gasteiger partial charge >= 0.3 is 5.97 Å². The predicted octanol–water partition coefficient (Wildman–Crippen LogP) is 0.832. The fourth-order valence-corrected chi connectivity index (χ4v) is 3.36. The number of esters is 1. The number of hydrogen-bond donors (Lipinski definition) is 0. The number of sulfone groups is 1. The largest absolute Gasteiger partial charge is 0.457 e. The Morgan fingerprint density at radius 3 is 2.65 bits per heavy atom. The lowest BCUT2D eigenvalue weighted by Crippen LogP contribution is -2.07. The molecule has 17 heavy (non-hydrogen) atoms. The lowest BCUT2D eigenvalue weighted by molar-refractivity contribution is 0.0534. The van der Waals surface area contributed by atoms with Crippen LogP contribution >= 0.6 is 0 Å². The summed E-state index contributed by atoms with van der Waals surface area (Å²) in [5.41, 5.74) is 1.44. The highest BCUT2D eigenvalue weighted by molar-refractivity contribution is 7.90. The van der Waals surface area contributed by atoms with Crippen molar-refractivity contribution in [2.45, 2.75) is 17.6 Å². The molecule has 0 aromatic heterocycles. The van der Waals surface area contributed by atoms with Crippen LogP contribution in [-0.2, 0) is 25.9 Å². The van der Waals surface area contributed by atoms with E-state index in [-0.39, 0.29) is 17.6 Å². The van der Waals surface area contributed by atoms with Gasteiger partial charge in [0.25, 0.3) is 0 Å². The van der Waals surface area contributed by atoms with E-state index in [0.29, 0.717) is 23.3 Å². The molecule has 0 amide bonds. The van der Waals surface area contributed by atoms with E-state index >= 15 is 0 Å². The lowest BCUT2D eigenvalue weighted by Gasteiger charge is -2.09. The number of fused-ring (bicyclic) bond motifs is 1. The van der Waals surface area contributed by atoms with Gasteiger partial charge in [-0.25, -0.2) is 13.2 Å². The van der Waals surface area contributed by atoms with Crippen LogP contribution in [0.1, 0.15) is 27.6 Å². The molecule has 2 aliphatic rings. The number of epoxide rings is 1. The van der Waals surface area contributed by atoms with Gasteiger partial charge in [-0.15, -0.1) is 0 Å². The van der Waals surface area contributed by atoms with E-state index in [0.717, 1.165) is 6.26 Å². The summed E-state index contributed by atoms with van der Waals surface area (Å²) in [7, 11) is -3.40. The van der Waals surface area contributed by atoms with Gasteiger partial charge in [-0.2, -0.15) is 0 Å². The maximum absolute atomic E-state index is 11.8. The maximum Gasteiger partial charge on any atom is 0.338 e. The minimum atomic E-state index is -3.40. The van der Waals surface area contributed by atoms with E-state index in [1.165, 1.54) is 0 Å². The third-order valence-corrected chi connectivity index (χ3v) is 4.13. The topological polar surface area (TPSA) is 73.0 Å². The Hall–Kier alpha value is -1.40. The van der Waals surface area contributed by atoms with Crippen molar-refractivity contribution < 1.29 is 22.7 Å². The molecule has 1 unspecified atom stereocenters. The van der Waals surface area contributed by atoms with E-state index < -0.39 is 15.8 Å². The maximum atomic E-state index is 11.8. The van der Waals surface area contributed by atoms with Crippen molar-refractivity contribution in [3.8, 4) is 0 Å². The molecule has 1 saturated heterocycles. The highest BCUT2D eigenvalue weighted by atomic mass is 32.2. The zero-order chi connectivity index (χ0) is 12.2. The zero-order valence-corrected chi connectivity index (χ0v) is 9.91. The Bertz CT molecular complexity index is 613. The minimum Gasteiger partial charge on any atom is -0.457 e. The van der Waals surface area contributed by atoms with Crippen LogP contribution in [0.4, 0.5) is 0 Å². The number of ether oxygens (including phenoxy) is 2. The molecule has 1 atom stereocenters. The molecular formula is C11H10O5S. The summed E-state index contributed by atoms with van der Waals surface area (Å²) in [5, 5.41) is 0. The third kappa shape index (κ3) is 1.64. The highest BCUT2D eigenvalue weighted by Crippen LogP contribution is 2.39. The molecule has 1 aromatic rings. The van der Waals surface area contributed by atoms with Gasteiger partial charge in [-0.1, -0.05) is 6.07 Å². The molecule has 2 heterocycles. The Labute approximate surface area is 98.3 Å². The molecule has 5 nitrogen and oxygen atoms in total. The summed E-state index contributed by atoms with van der Waals surface area (Å²) < 4.78 is 33.7. The van der Waals surface area contributed by atoms with E-state index in [1.807, 2.05) is 0 Å². The summed E-state index contributed by atoms with van der Waals surface area (Å²) in [6.07, 6.45) is 0.970. The Kier molecular flexibility index (Phi) is 2.08. The number of hydrogen-bond acceptors (Lipinski definition) is 5. The van der Waals surface area contributed by atoms with Gasteiger partial charge in [-0.05, 0) is 6.07 Å². The average Bonchev–Trinajstić information content (AvgIpc) is 3.02. The Balaban J connectivity index is 2.31. The molecule has 1 fully saturated rings. The van der Waals surface area contributed by atoms with Crippen LogP contribution in [0, 0.1) is 0 Å². The molecular weight excluding hydrogens is 244 g/mol. The summed E-state index contributed by atoms with van der Waals surface area (Å²) in [4.78, 5) is 11.6. The van der Waals surface area contributed by atoms with Crippen LogP contribution in [0.3, 0.4) is 0 Å². The van der Waals surface area contributed by atoms with Crippen LogP contribution < -0.4 is 0 Å². The first-order valence-electron chi connectivity index (χ1n) is 5.13. The van der Waals surface area contributed by atoms with Gasteiger partial charge in [0.05, 0.1) is 17.1 Å². The van der Waals surface area contributed by atoms with E-state index in [1.54, 1.807) is 12.1 Å². The second-order valence-electron chi connectivity index (χ2n) is 4.18. The molecule has 1 aromatic carbocycles. The molecule has 0 saturated carbocycles. The summed E-state index contributed by atoms with van der Waals surface area (Å²) in [5.74, 6) is -0.465. The first-order valence-corrected chi connectivity index (χ1v) is 7.02. The monoisotopic (exact) mass is 254 g/mol. The van der Waals surface area contributed by atoms with Crippen molar-refractivity contribution in [1.82, 2.24) is 0 Å². The zero-order valence-electron chi connectivity index (χ0n) is 9.10. The number of carbonyl (C=O) groups excluding carboxylic acids is 1. The molecule has 2 aliphatic heterocycles. The normalized spacial score (nSPS) is 22.2. The fraction of sp³-hybridized carbons (Fsp3) is 0.364. The van der Waals surface area contributed by atoms with Crippen molar-refractivity contribution in [1.29, 1.82) is 0 Å². The minimum absolute atomic E-state index is 0.0249. The van der Waals surface area contributed by atoms with Gasteiger partial charge in [-0.3, -0.25) is 0 Å². The van der Waals surface area contributed by atoms with Gasteiger partial charge in [0.15, 0.2) is 9.84 Å². The Morgan fingerprint density at radius 1 is 1.35 bits per heavy atom. The highest BCUT2D eigenvalue weighted by Gasteiger charge is 2.36. The van der Waals surface area contributed by atoms with Crippen molar-refractivity contribution in [2.75, 3.05) is 12.9 Å². The summed E-state index contributed by atoms with van der Waals surface area (Å²) in [6.45, 7) is 0.549. The molecule has 0 aliphatic carbocycles. The van der Waals surface area contributed by atoms with Crippen LogP contribution in [0.15, 0.2) is 17.0 Å². The first-order chi connectivity index (χ1) is 7.98. The smallest absolute Gasteiger partial charge is 0.338 e. The molecule has 0 N–H and O–H groups in total. The van der Waals surface area contributed by atoms with Crippen molar-refractivity contribution >= 4 is 15.8 Å². The van der Waals surface area contributed by atoms with Gasteiger partial charge in [0.1, 0.15) is 12.7 Å². The van der Waals surface area contributed by atoms with E-state index in [4.69, 9.17) is 9.47 Å². The van der Waals surface area contributed by atoms with Gasteiger partial charge in [0, 0.05) is 17.4 Å². The fourth-order valence-electron chi connectivity index (χ4n) is 2.12. The second kappa shape index (κ2) is 3.30. The second-order valence-corrected chi connectivity index (χ2v) is 6.13. The predicted molar refractivity (Wildman–Crippen MR) is 57.4 cm³/mol. The van der Waals surface area contributed by atoms with Crippen LogP contribution in [0.25, 0.3) is 0 Å². The molecule has 0 bridgehead atoms. The SMILES string of the molecule is CS(=O)(=O)c1c(C2CO2)ccc2c1COC2=O. The van der Waals surface area contributed by atoms with Crippen LogP contribution in [0.5, 0.6) is 0 Å². The van der Waals surface area contributed by atoms with Gasteiger partial charge < -0.3 is 9.47 Å². The molecule has 0 radical (unpaired) electrons. The molecule has 0 spiro atoms. The van der Waals surface area contributed by atoms with Crippen molar-refractivity contribution in [3.05, 3.63) is 28.8 Å². The van der Waals surface area contributed by atoms with Crippen molar-refractivity contribution in [2.24, 2.45) is 0 Å². The number of cyclic esters (lactones) is 1. The first kappa shape index (κ1) is 10.7. The molecule has 3 rings (SSSR count). The molecule has 6 heteroatoms. The van der Waals surface area contributed by atoms with E-state index in [2.05, 4.69) is 0 Å². The Morgan fingerprint density at radius 2 is 2.06 bits per heavy atom. The summed E-state index contributed by atoms with van der Waals surface area (Å²) >= 11 is 0.